The second kappa shape index (κ2) is 10.7. The third-order valence-corrected chi connectivity index (χ3v) is 6.69. The molecular formula is C24H27Cl2FN4S. The molecule has 0 bridgehead atoms. The molecule has 2 N–H and O–H groups in total. The number of nitrogens with zero attached hydrogens (tertiary/aromatic N) is 2. The summed E-state index contributed by atoms with van der Waals surface area (Å²) in [6.07, 6.45) is 1.95. The van der Waals surface area contributed by atoms with E-state index >= 15 is 0 Å². The highest BCUT2D eigenvalue weighted by Crippen LogP contribution is 2.39. The number of anilines is 2. The van der Waals surface area contributed by atoms with Crippen LogP contribution in [0.1, 0.15) is 22.4 Å². The topological polar surface area (TPSA) is 39.7 Å². The summed E-state index contributed by atoms with van der Waals surface area (Å²) in [5, 5.41) is 8.40. The monoisotopic (exact) mass is 492 g/mol. The van der Waals surface area contributed by atoms with Gasteiger partial charge in [-0.3, -0.25) is 0 Å². The van der Waals surface area contributed by atoms with Crippen LogP contribution in [0.5, 0.6) is 0 Å². The summed E-state index contributed by atoms with van der Waals surface area (Å²) in [5.41, 5.74) is 4.40. The number of nitrogens with one attached hydrogen (secondary N) is 2. The van der Waals surface area contributed by atoms with Crippen LogP contribution in [0.25, 0.3) is 0 Å². The van der Waals surface area contributed by atoms with Crippen molar-refractivity contribution in [1.82, 2.24) is 10.2 Å². The van der Waals surface area contributed by atoms with Gasteiger partial charge in [0.05, 0.1) is 16.9 Å². The Labute approximate surface area is 204 Å². The summed E-state index contributed by atoms with van der Waals surface area (Å²) in [5.74, 6) is 0.878. The quantitative estimate of drug-likeness (QED) is 0.465. The van der Waals surface area contributed by atoms with E-state index in [0.717, 1.165) is 54.7 Å². The summed E-state index contributed by atoms with van der Waals surface area (Å²) in [6, 6.07) is 17.7. The van der Waals surface area contributed by atoms with E-state index < -0.39 is 0 Å². The van der Waals surface area contributed by atoms with Gasteiger partial charge in [0.15, 0.2) is 0 Å². The Bertz CT molecular complexity index is 1080. The maximum atomic E-state index is 13.2. The lowest BCUT2D eigenvalue weighted by Crippen LogP contribution is -2.52. The van der Waals surface area contributed by atoms with Crippen LogP contribution in [-0.2, 0) is 6.42 Å². The molecule has 3 heterocycles. The van der Waals surface area contributed by atoms with Gasteiger partial charge < -0.3 is 15.5 Å². The Morgan fingerprint density at radius 2 is 1.91 bits per heavy atom. The number of para-hydroxylation sites is 2. The SMILES string of the molecule is Cc1cc2c(s1)Nc1ccccc1N=C2N1CCN[C@@H](CCc2ccc(F)cc2)C1.Cl.Cl. The highest BCUT2D eigenvalue weighted by Gasteiger charge is 2.27. The fourth-order valence-corrected chi connectivity index (χ4v) is 5.11. The van der Waals surface area contributed by atoms with E-state index in [1.54, 1.807) is 23.5 Å². The van der Waals surface area contributed by atoms with E-state index in [4.69, 9.17) is 4.99 Å². The molecule has 4 nitrogen and oxygen atoms in total. The molecule has 2 aliphatic rings. The number of amidine groups is 1. The number of hydrogen-bond donors (Lipinski definition) is 2. The molecule has 0 radical (unpaired) electrons. The van der Waals surface area contributed by atoms with Gasteiger partial charge in [-0.15, -0.1) is 36.2 Å². The molecule has 170 valence electrons. The molecular weight excluding hydrogens is 466 g/mol. The van der Waals surface area contributed by atoms with Gasteiger partial charge in [0.2, 0.25) is 0 Å². The zero-order valence-corrected chi connectivity index (χ0v) is 20.3. The lowest BCUT2D eigenvalue weighted by atomic mass is 10.0. The molecule has 1 saturated heterocycles. The van der Waals surface area contributed by atoms with Crippen molar-refractivity contribution in [3.63, 3.8) is 0 Å². The number of fused-ring (bicyclic) bond motifs is 2. The van der Waals surface area contributed by atoms with Crippen LogP contribution in [0.4, 0.5) is 20.8 Å². The van der Waals surface area contributed by atoms with Gasteiger partial charge in [-0.05, 0) is 55.7 Å². The second-order valence-electron chi connectivity index (χ2n) is 7.94. The first-order valence-corrected chi connectivity index (χ1v) is 11.3. The van der Waals surface area contributed by atoms with Crippen LogP contribution < -0.4 is 10.6 Å². The predicted molar refractivity (Wildman–Crippen MR) is 138 cm³/mol. The lowest BCUT2D eigenvalue weighted by Gasteiger charge is -2.36. The van der Waals surface area contributed by atoms with Crippen LogP contribution in [0, 0.1) is 12.7 Å². The summed E-state index contributed by atoms with van der Waals surface area (Å²) < 4.78 is 13.2. The highest BCUT2D eigenvalue weighted by molar-refractivity contribution is 7.16. The average molecular weight is 493 g/mol. The standard InChI is InChI=1S/C24H25FN4S.2ClH/c1-16-14-20-23(27-21-4-2-3-5-22(21)28-24(20)30-16)29-13-12-26-19(15-29)11-8-17-6-9-18(25)10-7-17;;/h2-7,9-10,14,19,26,28H,8,11-13,15H2,1H3;2*1H/t19-;;/m0../s1. The van der Waals surface area contributed by atoms with Gasteiger partial charge in [-0.25, -0.2) is 9.38 Å². The van der Waals surface area contributed by atoms with Gasteiger partial charge in [0, 0.05) is 30.6 Å². The minimum Gasteiger partial charge on any atom is -0.353 e. The average Bonchev–Trinajstić information content (AvgIpc) is 3.05. The molecule has 0 aliphatic carbocycles. The number of hydrogen-bond acceptors (Lipinski definition) is 5. The van der Waals surface area contributed by atoms with Crippen LogP contribution in [0.2, 0.25) is 0 Å². The molecule has 8 heteroatoms. The zero-order chi connectivity index (χ0) is 20.5. The molecule has 2 aromatic carbocycles. The molecule has 3 aromatic rings. The fourth-order valence-electron chi connectivity index (χ4n) is 4.19. The zero-order valence-electron chi connectivity index (χ0n) is 17.8. The summed E-state index contributed by atoms with van der Waals surface area (Å²) in [7, 11) is 0. The van der Waals surface area contributed by atoms with Crippen molar-refractivity contribution >= 4 is 58.4 Å². The molecule has 0 amide bonds. The first-order valence-electron chi connectivity index (χ1n) is 10.4. The number of piperazine rings is 1. The molecule has 0 saturated carbocycles. The van der Waals surface area contributed by atoms with Gasteiger partial charge in [-0.1, -0.05) is 24.3 Å². The van der Waals surface area contributed by atoms with Crippen molar-refractivity contribution in [2.45, 2.75) is 25.8 Å². The number of benzene rings is 2. The number of thiophene rings is 1. The fraction of sp³-hybridized carbons (Fsp3) is 0.292. The lowest BCUT2D eigenvalue weighted by molar-refractivity contribution is 0.282. The van der Waals surface area contributed by atoms with Gasteiger partial charge in [-0.2, -0.15) is 0 Å². The largest absolute Gasteiger partial charge is 0.353 e. The van der Waals surface area contributed by atoms with Gasteiger partial charge in [0.25, 0.3) is 0 Å². The maximum Gasteiger partial charge on any atom is 0.139 e. The normalized spacial score (nSPS) is 17.0. The van der Waals surface area contributed by atoms with Crippen LogP contribution in [-0.4, -0.2) is 36.4 Å². The molecule has 1 atom stereocenters. The Hall–Kier alpha value is -2.12. The number of halogens is 3. The van der Waals surface area contributed by atoms with Crippen molar-refractivity contribution in [3.05, 3.63) is 76.4 Å². The molecule has 1 aromatic heterocycles. The summed E-state index contributed by atoms with van der Waals surface area (Å²) in [6.45, 7) is 4.92. The highest BCUT2D eigenvalue weighted by atomic mass is 35.5. The molecule has 32 heavy (non-hydrogen) atoms. The van der Waals surface area contributed by atoms with Crippen molar-refractivity contribution in [2.24, 2.45) is 4.99 Å². The molecule has 0 unspecified atom stereocenters. The predicted octanol–water partition coefficient (Wildman–Crippen LogP) is 6.08. The Kier molecular flexibility index (Phi) is 8.17. The molecule has 0 spiro atoms. The number of rotatable bonds is 3. The minimum absolute atomic E-state index is 0. The van der Waals surface area contributed by atoms with E-state index in [-0.39, 0.29) is 30.6 Å². The summed E-state index contributed by atoms with van der Waals surface area (Å²) in [4.78, 5) is 8.79. The first kappa shape index (κ1) is 24.5. The van der Waals surface area contributed by atoms with E-state index in [1.807, 2.05) is 24.3 Å². The second-order valence-corrected chi connectivity index (χ2v) is 9.20. The molecule has 5 rings (SSSR count). The van der Waals surface area contributed by atoms with Gasteiger partial charge >= 0.3 is 0 Å². The van der Waals surface area contributed by atoms with E-state index in [1.165, 1.54) is 16.0 Å². The first-order chi connectivity index (χ1) is 14.7. The Morgan fingerprint density at radius 1 is 1.12 bits per heavy atom. The van der Waals surface area contributed by atoms with E-state index in [9.17, 15) is 4.39 Å². The minimum atomic E-state index is -0.178. The van der Waals surface area contributed by atoms with Crippen molar-refractivity contribution in [1.29, 1.82) is 0 Å². The van der Waals surface area contributed by atoms with E-state index in [0.29, 0.717) is 6.04 Å². The van der Waals surface area contributed by atoms with Gasteiger partial charge in [0.1, 0.15) is 16.7 Å². The van der Waals surface area contributed by atoms with E-state index in [2.05, 4.69) is 40.7 Å². The number of aliphatic imine (C=N–C) groups is 1. The molecule has 1 fully saturated rings. The van der Waals surface area contributed by atoms with Crippen LogP contribution >= 0.6 is 36.2 Å². The van der Waals surface area contributed by atoms with Crippen molar-refractivity contribution < 1.29 is 4.39 Å². The third kappa shape index (κ3) is 5.26. The third-order valence-electron chi connectivity index (χ3n) is 5.72. The van der Waals surface area contributed by atoms with Crippen molar-refractivity contribution in [3.8, 4) is 0 Å². The Morgan fingerprint density at radius 3 is 2.72 bits per heavy atom. The van der Waals surface area contributed by atoms with Crippen LogP contribution in [0.15, 0.2) is 59.6 Å². The summed E-state index contributed by atoms with van der Waals surface area (Å²) >= 11 is 1.78. The maximum absolute atomic E-state index is 13.2. The number of aryl methyl sites for hydroxylation is 2. The van der Waals surface area contributed by atoms with Crippen LogP contribution in [0.3, 0.4) is 0 Å². The smallest absolute Gasteiger partial charge is 0.139 e. The Balaban J connectivity index is 0.00000144. The van der Waals surface area contributed by atoms with Crippen molar-refractivity contribution in [2.75, 3.05) is 25.0 Å². The molecule has 2 aliphatic heterocycles.